The zero-order valence-electron chi connectivity index (χ0n) is 9.00. The first-order chi connectivity index (χ1) is 6.72. The molecule has 0 saturated carbocycles. The molecule has 2 rings (SSSR count). The quantitative estimate of drug-likeness (QED) is 0.648. The van der Waals surface area contributed by atoms with E-state index in [4.69, 9.17) is 0 Å². The van der Waals surface area contributed by atoms with Crippen molar-refractivity contribution in [1.29, 1.82) is 0 Å². The van der Waals surface area contributed by atoms with E-state index in [-0.39, 0.29) is 0 Å². The van der Waals surface area contributed by atoms with E-state index in [1.165, 1.54) is 29.1 Å². The van der Waals surface area contributed by atoms with E-state index in [9.17, 15) is 0 Å². The summed E-state index contributed by atoms with van der Waals surface area (Å²) in [4.78, 5) is 8.33. The van der Waals surface area contributed by atoms with Crippen LogP contribution in [0.2, 0.25) is 0 Å². The van der Waals surface area contributed by atoms with E-state index in [2.05, 4.69) is 23.9 Å². The number of rotatable bonds is 1. The average Bonchev–Trinajstić information content (AvgIpc) is 2.46. The van der Waals surface area contributed by atoms with E-state index >= 15 is 0 Å². The van der Waals surface area contributed by atoms with Gasteiger partial charge in [0.15, 0.2) is 0 Å². The van der Waals surface area contributed by atoms with Gasteiger partial charge in [-0.1, -0.05) is 0 Å². The lowest BCUT2D eigenvalue weighted by molar-refractivity contribution is 0.315. The van der Waals surface area contributed by atoms with Gasteiger partial charge in [-0.2, -0.15) is 0 Å². The van der Waals surface area contributed by atoms with Gasteiger partial charge in [0.1, 0.15) is 5.00 Å². The first-order valence-electron chi connectivity index (χ1n) is 5.00. The van der Waals surface area contributed by atoms with Crippen LogP contribution in [0.4, 0.5) is 5.00 Å². The molecule has 0 bridgehead atoms. The van der Waals surface area contributed by atoms with Gasteiger partial charge < -0.3 is 4.90 Å². The SMILES string of the molecule is CC=Nc1sc2c(c1C)CN(C)CC2. The Bertz CT molecular complexity index is 366. The summed E-state index contributed by atoms with van der Waals surface area (Å²) >= 11 is 1.86. The van der Waals surface area contributed by atoms with E-state index in [1.807, 2.05) is 24.5 Å². The molecule has 1 aromatic rings. The van der Waals surface area contributed by atoms with Crippen molar-refractivity contribution in [2.45, 2.75) is 26.8 Å². The number of nitrogens with zero attached hydrogens (tertiary/aromatic N) is 2. The molecule has 76 valence electrons. The highest BCUT2D eigenvalue weighted by atomic mass is 32.1. The average molecular weight is 208 g/mol. The van der Waals surface area contributed by atoms with E-state index < -0.39 is 0 Å². The summed E-state index contributed by atoms with van der Waals surface area (Å²) in [6.45, 7) is 6.44. The predicted octanol–water partition coefficient (Wildman–Crippen LogP) is 2.77. The molecule has 0 saturated heterocycles. The van der Waals surface area contributed by atoms with Crippen molar-refractivity contribution in [2.24, 2.45) is 4.99 Å². The standard InChI is InChI=1S/C11H16N2S/c1-4-12-11-8(2)9-7-13(3)6-5-10(9)14-11/h4H,5-7H2,1-3H3. The van der Waals surface area contributed by atoms with Gasteiger partial charge in [0, 0.05) is 24.2 Å². The second-order valence-electron chi connectivity index (χ2n) is 3.81. The van der Waals surface area contributed by atoms with Crippen molar-refractivity contribution in [1.82, 2.24) is 4.90 Å². The molecule has 2 heterocycles. The van der Waals surface area contributed by atoms with Crippen LogP contribution in [0.25, 0.3) is 0 Å². The van der Waals surface area contributed by atoms with Crippen molar-refractivity contribution in [3.8, 4) is 0 Å². The molecular weight excluding hydrogens is 192 g/mol. The Balaban J connectivity index is 2.41. The summed E-state index contributed by atoms with van der Waals surface area (Å²) in [5.74, 6) is 0. The van der Waals surface area contributed by atoms with Crippen LogP contribution >= 0.6 is 11.3 Å². The molecule has 14 heavy (non-hydrogen) atoms. The second kappa shape index (κ2) is 3.83. The second-order valence-corrected chi connectivity index (χ2v) is 4.89. The van der Waals surface area contributed by atoms with Gasteiger partial charge >= 0.3 is 0 Å². The van der Waals surface area contributed by atoms with Gasteiger partial charge in [0.25, 0.3) is 0 Å². The highest BCUT2D eigenvalue weighted by Gasteiger charge is 2.19. The minimum absolute atomic E-state index is 1.09. The lowest BCUT2D eigenvalue weighted by atomic mass is 10.1. The Morgan fingerprint density at radius 3 is 3.00 bits per heavy atom. The van der Waals surface area contributed by atoms with Gasteiger partial charge in [0.2, 0.25) is 0 Å². The van der Waals surface area contributed by atoms with Crippen LogP contribution in [0, 0.1) is 6.92 Å². The molecule has 1 aliphatic rings. The van der Waals surface area contributed by atoms with E-state index in [0.29, 0.717) is 0 Å². The van der Waals surface area contributed by atoms with E-state index in [0.717, 1.165) is 6.54 Å². The molecule has 2 nitrogen and oxygen atoms in total. The fraction of sp³-hybridized carbons (Fsp3) is 0.545. The Labute approximate surface area is 89.3 Å². The Morgan fingerprint density at radius 1 is 1.50 bits per heavy atom. The molecule has 0 unspecified atom stereocenters. The summed E-state index contributed by atoms with van der Waals surface area (Å²) in [5.41, 5.74) is 2.90. The van der Waals surface area contributed by atoms with Gasteiger partial charge in [-0.05, 0) is 38.4 Å². The van der Waals surface area contributed by atoms with Crippen molar-refractivity contribution < 1.29 is 0 Å². The topological polar surface area (TPSA) is 15.6 Å². The third-order valence-corrected chi connectivity index (χ3v) is 4.03. The zero-order valence-corrected chi connectivity index (χ0v) is 9.82. The van der Waals surface area contributed by atoms with Gasteiger partial charge in [0.05, 0.1) is 0 Å². The van der Waals surface area contributed by atoms with Crippen LogP contribution in [0.1, 0.15) is 22.9 Å². The summed E-state index contributed by atoms with van der Waals surface area (Å²) in [6, 6.07) is 0. The van der Waals surface area contributed by atoms with E-state index in [1.54, 1.807) is 4.88 Å². The molecule has 0 spiro atoms. The minimum Gasteiger partial charge on any atom is -0.302 e. The highest BCUT2D eigenvalue weighted by molar-refractivity contribution is 7.16. The maximum atomic E-state index is 4.41. The summed E-state index contributed by atoms with van der Waals surface area (Å²) in [7, 11) is 2.18. The normalized spacial score (nSPS) is 17.6. The van der Waals surface area contributed by atoms with Crippen LogP contribution in [0.5, 0.6) is 0 Å². The predicted molar refractivity (Wildman–Crippen MR) is 62.9 cm³/mol. The van der Waals surface area contributed by atoms with Gasteiger partial charge in [-0.15, -0.1) is 11.3 Å². The van der Waals surface area contributed by atoms with Crippen LogP contribution < -0.4 is 0 Å². The summed E-state index contributed by atoms with van der Waals surface area (Å²) < 4.78 is 0. The smallest absolute Gasteiger partial charge is 0.119 e. The molecule has 0 atom stereocenters. The van der Waals surface area contributed by atoms with Crippen LogP contribution in [-0.2, 0) is 13.0 Å². The largest absolute Gasteiger partial charge is 0.302 e. The number of fused-ring (bicyclic) bond motifs is 1. The molecule has 0 N–H and O–H groups in total. The number of likely N-dealkylation sites (N-methyl/N-ethyl adjacent to an activating group) is 1. The van der Waals surface area contributed by atoms with Gasteiger partial charge in [-0.3, -0.25) is 4.99 Å². The van der Waals surface area contributed by atoms with Crippen molar-refractivity contribution in [2.75, 3.05) is 13.6 Å². The van der Waals surface area contributed by atoms with Crippen LogP contribution in [-0.4, -0.2) is 24.7 Å². The van der Waals surface area contributed by atoms with Crippen molar-refractivity contribution >= 4 is 22.6 Å². The molecule has 0 aromatic carbocycles. The number of hydrogen-bond donors (Lipinski definition) is 0. The minimum atomic E-state index is 1.09. The Kier molecular flexibility index (Phi) is 2.70. The molecule has 1 aromatic heterocycles. The summed E-state index contributed by atoms with van der Waals surface area (Å²) in [6.07, 6.45) is 3.07. The van der Waals surface area contributed by atoms with Crippen molar-refractivity contribution in [3.05, 3.63) is 16.0 Å². The maximum Gasteiger partial charge on any atom is 0.119 e. The maximum absolute atomic E-state index is 4.41. The molecule has 0 aliphatic carbocycles. The number of thiophene rings is 1. The first-order valence-corrected chi connectivity index (χ1v) is 5.82. The monoisotopic (exact) mass is 208 g/mol. The molecule has 3 heteroatoms. The number of aliphatic imine (C=N–C) groups is 1. The molecule has 0 amide bonds. The molecule has 1 aliphatic heterocycles. The third kappa shape index (κ3) is 1.62. The molecular formula is C11H16N2S. The Morgan fingerprint density at radius 2 is 2.29 bits per heavy atom. The van der Waals surface area contributed by atoms with Gasteiger partial charge in [-0.25, -0.2) is 0 Å². The van der Waals surface area contributed by atoms with Crippen LogP contribution in [0.3, 0.4) is 0 Å². The lowest BCUT2D eigenvalue weighted by Gasteiger charge is -2.22. The third-order valence-electron chi connectivity index (χ3n) is 2.72. The fourth-order valence-corrected chi connectivity index (χ4v) is 3.09. The molecule has 0 radical (unpaired) electrons. The molecule has 0 fully saturated rings. The fourth-order valence-electron chi connectivity index (χ4n) is 1.88. The van der Waals surface area contributed by atoms with Crippen LogP contribution in [0.15, 0.2) is 4.99 Å². The number of hydrogen-bond acceptors (Lipinski definition) is 3. The summed E-state index contributed by atoms with van der Waals surface area (Å²) in [5, 5.41) is 1.20. The first kappa shape index (κ1) is 9.87. The lowest BCUT2D eigenvalue weighted by Crippen LogP contribution is -2.25. The van der Waals surface area contributed by atoms with Crippen molar-refractivity contribution in [3.63, 3.8) is 0 Å². The Hall–Kier alpha value is -0.670. The highest BCUT2D eigenvalue weighted by Crippen LogP contribution is 2.37. The zero-order chi connectivity index (χ0) is 10.1.